The van der Waals surface area contributed by atoms with Crippen molar-refractivity contribution in [3.63, 3.8) is 0 Å². The summed E-state index contributed by atoms with van der Waals surface area (Å²) in [5, 5.41) is 15.4. The topological polar surface area (TPSA) is 95.5 Å². The van der Waals surface area contributed by atoms with Gasteiger partial charge in [-0.25, -0.2) is 4.79 Å². The molecular weight excluding hydrogens is 451 g/mol. The number of rotatable bonds is 9. The number of halogens is 1. The molecule has 3 rings (SSSR count). The van der Waals surface area contributed by atoms with Gasteiger partial charge in [0.05, 0.1) is 0 Å². The Kier molecular flexibility index (Phi) is 10.6. The average Bonchev–Trinajstić information content (AvgIpc) is 2.80. The molecule has 33 heavy (non-hydrogen) atoms. The Balaban J connectivity index is 0.00000289. The fourth-order valence-electron chi connectivity index (χ4n) is 3.22. The maximum Gasteiger partial charge on any atom is 1.00 e. The molecule has 0 aliphatic rings. The maximum atomic E-state index is 13.1. The fraction of sp³-hybridized carbons (Fsp3) is 0.160. The Morgan fingerprint density at radius 3 is 1.73 bits per heavy atom. The molecule has 2 amide bonds. The smallest absolute Gasteiger partial charge is 1.00 e. The van der Waals surface area contributed by atoms with Crippen LogP contribution in [0.4, 0.5) is 0 Å². The molecule has 0 saturated carbocycles. The van der Waals surface area contributed by atoms with Gasteiger partial charge in [-0.05, 0) is 35.4 Å². The van der Waals surface area contributed by atoms with Crippen LogP contribution in [0.2, 0.25) is 5.02 Å². The molecule has 8 heteroatoms. The van der Waals surface area contributed by atoms with Crippen LogP contribution in [0.15, 0.2) is 84.9 Å². The van der Waals surface area contributed by atoms with Crippen molar-refractivity contribution in [1.29, 1.82) is 0 Å². The van der Waals surface area contributed by atoms with Gasteiger partial charge < -0.3 is 17.2 Å². The van der Waals surface area contributed by atoms with E-state index in [1.165, 1.54) is 0 Å². The fourth-order valence-corrected chi connectivity index (χ4v) is 3.35. The molecule has 0 aromatic heterocycles. The molecule has 3 aromatic carbocycles. The van der Waals surface area contributed by atoms with Crippen molar-refractivity contribution >= 4 is 29.4 Å². The summed E-state index contributed by atoms with van der Waals surface area (Å²) in [6.45, 7) is 0. The molecule has 0 bridgehead atoms. The molecule has 0 aliphatic heterocycles. The molecule has 3 aromatic rings. The van der Waals surface area contributed by atoms with Crippen LogP contribution in [0.5, 0.6) is 0 Å². The molecule has 6 nitrogen and oxygen atoms in total. The van der Waals surface area contributed by atoms with Crippen LogP contribution in [0.25, 0.3) is 0 Å². The van der Waals surface area contributed by atoms with Gasteiger partial charge in [-0.2, -0.15) is 0 Å². The molecular formula is C25H24ClN2NaO4. The number of aliphatic carboxylic acids is 1. The summed E-state index contributed by atoms with van der Waals surface area (Å²) in [5.41, 5.74) is 1.96. The summed E-state index contributed by atoms with van der Waals surface area (Å²) in [5.74, 6) is -2.17. The number of hydrogen-bond acceptors (Lipinski definition) is 3. The van der Waals surface area contributed by atoms with Crippen LogP contribution in [0.3, 0.4) is 0 Å². The first-order chi connectivity index (χ1) is 15.4. The minimum absolute atomic E-state index is 0. The second-order valence-electron chi connectivity index (χ2n) is 7.31. The Morgan fingerprint density at radius 1 is 0.758 bits per heavy atom. The van der Waals surface area contributed by atoms with Crippen LogP contribution in [0, 0.1) is 0 Å². The monoisotopic (exact) mass is 474 g/mol. The third-order valence-electron chi connectivity index (χ3n) is 4.91. The van der Waals surface area contributed by atoms with Gasteiger partial charge in [0, 0.05) is 23.4 Å². The van der Waals surface area contributed by atoms with Gasteiger partial charge in [-0.15, -0.1) is 0 Å². The van der Waals surface area contributed by atoms with E-state index in [2.05, 4.69) is 10.6 Å². The van der Waals surface area contributed by atoms with Gasteiger partial charge in [0.15, 0.2) is 0 Å². The molecule has 0 heterocycles. The van der Waals surface area contributed by atoms with Gasteiger partial charge in [-0.3, -0.25) is 9.59 Å². The van der Waals surface area contributed by atoms with Crippen LogP contribution < -0.4 is 40.2 Å². The van der Waals surface area contributed by atoms with E-state index in [9.17, 15) is 19.5 Å². The largest absolute Gasteiger partial charge is 1.00 e. The second-order valence-corrected chi connectivity index (χ2v) is 7.75. The predicted molar refractivity (Wildman–Crippen MR) is 124 cm³/mol. The van der Waals surface area contributed by atoms with Gasteiger partial charge in [0.1, 0.15) is 12.1 Å². The van der Waals surface area contributed by atoms with Crippen LogP contribution in [0.1, 0.15) is 22.9 Å². The van der Waals surface area contributed by atoms with Gasteiger partial charge in [-0.1, -0.05) is 72.3 Å². The minimum atomic E-state index is -1.15. The van der Waals surface area contributed by atoms with Crippen LogP contribution in [-0.4, -0.2) is 35.0 Å². The van der Waals surface area contributed by atoms with Crippen molar-refractivity contribution in [2.75, 3.05) is 0 Å². The SMILES string of the molecule is O=C(N[C@@H](Cc1ccccc1)C(=O)N[C@@H](Cc1ccccc1)C(=O)O)c1ccc(Cl)cc1.[H-].[Na+]. The molecule has 0 radical (unpaired) electrons. The maximum absolute atomic E-state index is 13.1. The van der Waals surface area contributed by atoms with Crippen molar-refractivity contribution in [2.45, 2.75) is 24.9 Å². The number of carboxylic acids is 1. The van der Waals surface area contributed by atoms with Crippen LogP contribution >= 0.6 is 11.6 Å². The Bertz CT molecular complexity index is 1070. The Labute approximate surface area is 221 Å². The van der Waals surface area contributed by atoms with Crippen molar-refractivity contribution in [1.82, 2.24) is 10.6 Å². The molecule has 0 saturated heterocycles. The Hall–Kier alpha value is -2.64. The van der Waals surface area contributed by atoms with E-state index in [-0.39, 0.29) is 43.8 Å². The van der Waals surface area contributed by atoms with E-state index in [1.54, 1.807) is 48.5 Å². The molecule has 3 N–H and O–H groups in total. The van der Waals surface area contributed by atoms with E-state index in [4.69, 9.17) is 11.6 Å². The van der Waals surface area contributed by atoms with E-state index in [0.29, 0.717) is 10.6 Å². The van der Waals surface area contributed by atoms with E-state index >= 15 is 0 Å². The predicted octanol–water partition coefficient (Wildman–Crippen LogP) is 0.610. The second kappa shape index (κ2) is 13.2. The number of hydrogen-bond donors (Lipinski definition) is 3. The van der Waals surface area contributed by atoms with Crippen molar-refractivity contribution in [2.24, 2.45) is 0 Å². The first kappa shape index (κ1) is 26.6. The molecule has 0 fully saturated rings. The summed E-state index contributed by atoms with van der Waals surface area (Å²) < 4.78 is 0. The van der Waals surface area contributed by atoms with Gasteiger partial charge in [0.2, 0.25) is 5.91 Å². The minimum Gasteiger partial charge on any atom is -1.00 e. The van der Waals surface area contributed by atoms with E-state index in [1.807, 2.05) is 36.4 Å². The quantitative estimate of drug-likeness (QED) is 0.396. The molecule has 0 unspecified atom stereocenters. The first-order valence-electron chi connectivity index (χ1n) is 10.1. The molecule has 166 valence electrons. The number of carboxylic acid groups (broad SMARTS) is 1. The molecule has 0 aliphatic carbocycles. The summed E-state index contributed by atoms with van der Waals surface area (Å²) in [7, 11) is 0. The van der Waals surface area contributed by atoms with Crippen molar-refractivity contribution < 1.29 is 50.5 Å². The average molecular weight is 475 g/mol. The summed E-state index contributed by atoms with van der Waals surface area (Å²) in [6.07, 6.45) is 0.342. The number of carbonyl (C=O) groups excluding carboxylic acids is 2. The number of carbonyl (C=O) groups is 3. The standard InChI is InChI=1S/C25H23ClN2O4.Na.H/c26-20-13-11-19(12-14-20)23(29)27-21(15-17-7-3-1-4-8-17)24(30)28-22(25(31)32)16-18-9-5-2-6-10-18;;/h1-14,21-22H,15-16H2,(H,27,29)(H,28,30)(H,31,32);;/q;+1;-1/t21-,22-;;/m0../s1. The molecule has 2 atom stereocenters. The zero-order valence-corrected chi connectivity index (χ0v) is 21.0. The summed E-state index contributed by atoms with van der Waals surface area (Å²) >= 11 is 5.88. The number of nitrogens with one attached hydrogen (secondary N) is 2. The zero-order chi connectivity index (χ0) is 22.9. The van der Waals surface area contributed by atoms with Crippen molar-refractivity contribution in [3.05, 3.63) is 107 Å². The van der Waals surface area contributed by atoms with Crippen molar-refractivity contribution in [3.8, 4) is 0 Å². The van der Waals surface area contributed by atoms with E-state index < -0.39 is 29.9 Å². The summed E-state index contributed by atoms with van der Waals surface area (Å²) in [4.78, 5) is 37.6. The number of amides is 2. The zero-order valence-electron chi connectivity index (χ0n) is 19.2. The van der Waals surface area contributed by atoms with Crippen LogP contribution in [-0.2, 0) is 22.4 Å². The van der Waals surface area contributed by atoms with Gasteiger partial charge >= 0.3 is 35.5 Å². The van der Waals surface area contributed by atoms with Gasteiger partial charge in [0.25, 0.3) is 5.91 Å². The normalized spacial score (nSPS) is 12.0. The Morgan fingerprint density at radius 2 is 1.24 bits per heavy atom. The van der Waals surface area contributed by atoms with E-state index in [0.717, 1.165) is 11.1 Å². The summed E-state index contributed by atoms with van der Waals surface area (Å²) in [6, 6.07) is 22.4. The first-order valence-corrected chi connectivity index (χ1v) is 10.5. The third-order valence-corrected chi connectivity index (χ3v) is 5.16. The molecule has 0 spiro atoms. The third kappa shape index (κ3) is 8.33. The number of benzene rings is 3.